The number of sulfone groups is 1. The lowest BCUT2D eigenvalue weighted by atomic mass is 9.97. The van der Waals surface area contributed by atoms with Crippen LogP contribution in [0.4, 0.5) is 0 Å². The van der Waals surface area contributed by atoms with E-state index in [-0.39, 0.29) is 16.2 Å². The van der Waals surface area contributed by atoms with Crippen molar-refractivity contribution in [1.82, 2.24) is 5.32 Å². The summed E-state index contributed by atoms with van der Waals surface area (Å²) >= 11 is 0. The molecule has 1 saturated carbocycles. The van der Waals surface area contributed by atoms with Gasteiger partial charge in [-0.3, -0.25) is 4.79 Å². The highest BCUT2D eigenvalue weighted by Crippen LogP contribution is 2.30. The molecule has 2 aromatic rings. The third-order valence-electron chi connectivity index (χ3n) is 4.87. The van der Waals surface area contributed by atoms with E-state index < -0.39 is 27.3 Å². The Morgan fingerprint density at radius 2 is 1.67 bits per heavy atom. The van der Waals surface area contributed by atoms with E-state index in [0.717, 1.165) is 12.8 Å². The van der Waals surface area contributed by atoms with Gasteiger partial charge in [-0.15, -0.1) is 0 Å². The van der Waals surface area contributed by atoms with Gasteiger partial charge in [-0.1, -0.05) is 43.2 Å². The maximum Gasteiger partial charge on any atom is 0.329 e. The van der Waals surface area contributed by atoms with Crippen LogP contribution in [0.5, 0.6) is 0 Å². The number of carboxylic acid groups (broad SMARTS) is 1. The molecule has 142 valence electrons. The lowest BCUT2D eigenvalue weighted by molar-refractivity contribution is -0.144. The molecule has 0 aliphatic heterocycles. The number of carbonyl (C=O) groups is 2. The van der Waals surface area contributed by atoms with Crippen LogP contribution in [0.25, 0.3) is 0 Å². The van der Waals surface area contributed by atoms with Crippen LogP contribution < -0.4 is 5.32 Å². The molecule has 6 nitrogen and oxygen atoms in total. The molecule has 0 aromatic heterocycles. The van der Waals surface area contributed by atoms with Crippen molar-refractivity contribution in [2.45, 2.75) is 41.9 Å². The number of rotatable bonds is 6. The molecular formula is C20H21NO5S. The van der Waals surface area contributed by atoms with Crippen molar-refractivity contribution in [3.8, 4) is 0 Å². The zero-order valence-electron chi connectivity index (χ0n) is 14.7. The highest BCUT2D eigenvalue weighted by molar-refractivity contribution is 7.90. The second-order valence-corrected chi connectivity index (χ2v) is 8.81. The van der Waals surface area contributed by atoms with Gasteiger partial charge in [-0.25, -0.2) is 13.2 Å². The van der Waals surface area contributed by atoms with Crippen molar-refractivity contribution in [1.29, 1.82) is 0 Å². The molecule has 1 fully saturated rings. The Kier molecular flexibility index (Phi) is 5.32. The number of benzene rings is 2. The van der Waals surface area contributed by atoms with E-state index in [0.29, 0.717) is 18.4 Å². The molecule has 0 saturated heterocycles. The Morgan fingerprint density at radius 3 is 2.30 bits per heavy atom. The molecule has 0 heterocycles. The predicted octanol–water partition coefficient (Wildman–Crippen LogP) is 2.79. The largest absolute Gasteiger partial charge is 0.480 e. The van der Waals surface area contributed by atoms with E-state index in [2.05, 4.69) is 5.32 Å². The van der Waals surface area contributed by atoms with Crippen molar-refractivity contribution in [3.05, 3.63) is 65.7 Å². The Morgan fingerprint density at radius 1 is 1.00 bits per heavy atom. The van der Waals surface area contributed by atoms with E-state index in [1.54, 1.807) is 36.4 Å². The van der Waals surface area contributed by atoms with Gasteiger partial charge in [0, 0.05) is 5.56 Å². The summed E-state index contributed by atoms with van der Waals surface area (Å²) in [5.74, 6) is -1.77. The molecule has 3 rings (SSSR count). The van der Waals surface area contributed by atoms with Crippen molar-refractivity contribution in [2.75, 3.05) is 0 Å². The number of hydrogen-bond donors (Lipinski definition) is 2. The van der Waals surface area contributed by atoms with Crippen molar-refractivity contribution in [2.24, 2.45) is 0 Å². The number of nitrogens with one attached hydrogen (secondary N) is 1. The summed E-state index contributed by atoms with van der Waals surface area (Å²) in [6, 6.07) is 14.4. The van der Waals surface area contributed by atoms with E-state index in [1.165, 1.54) is 18.2 Å². The third-order valence-corrected chi connectivity index (χ3v) is 6.57. The molecular weight excluding hydrogens is 366 g/mol. The third kappa shape index (κ3) is 4.19. The van der Waals surface area contributed by atoms with Crippen LogP contribution in [0, 0.1) is 0 Å². The van der Waals surface area contributed by atoms with Gasteiger partial charge in [0.05, 0.1) is 10.6 Å². The molecule has 0 bridgehead atoms. The van der Waals surface area contributed by atoms with E-state index >= 15 is 0 Å². The van der Waals surface area contributed by atoms with Gasteiger partial charge in [-0.2, -0.15) is 0 Å². The average Bonchev–Trinajstić information content (AvgIpc) is 3.12. The molecule has 0 unspecified atom stereocenters. The number of hydrogen-bond acceptors (Lipinski definition) is 4. The van der Waals surface area contributed by atoms with Crippen molar-refractivity contribution in [3.63, 3.8) is 0 Å². The van der Waals surface area contributed by atoms with Crippen LogP contribution >= 0.6 is 0 Å². The van der Waals surface area contributed by atoms with Crippen LogP contribution in [-0.2, 0) is 20.4 Å². The Labute approximate surface area is 158 Å². The monoisotopic (exact) mass is 387 g/mol. The molecule has 27 heavy (non-hydrogen) atoms. The molecule has 0 spiro atoms. The van der Waals surface area contributed by atoms with Gasteiger partial charge in [0.2, 0.25) is 0 Å². The standard InChI is InChI=1S/C20H21NO5S/c22-18(21-20(19(23)24)11-4-5-12-20)16-8-6-7-15(13-16)14-27(25,26)17-9-2-1-3-10-17/h1-3,6-10,13H,4-5,11-12,14H2,(H,21,22)(H,23,24). The smallest absolute Gasteiger partial charge is 0.329 e. The van der Waals surface area contributed by atoms with E-state index in [9.17, 15) is 23.1 Å². The highest BCUT2D eigenvalue weighted by Gasteiger charge is 2.42. The lowest BCUT2D eigenvalue weighted by Crippen LogP contribution is -2.52. The fourth-order valence-electron chi connectivity index (χ4n) is 3.39. The summed E-state index contributed by atoms with van der Waals surface area (Å²) in [6.45, 7) is 0. The molecule has 7 heteroatoms. The van der Waals surface area contributed by atoms with Crippen molar-refractivity contribution < 1.29 is 23.1 Å². The maximum atomic E-state index is 12.6. The second kappa shape index (κ2) is 7.52. The maximum absolute atomic E-state index is 12.6. The van der Waals surface area contributed by atoms with Crippen LogP contribution in [0.15, 0.2) is 59.5 Å². The first-order valence-electron chi connectivity index (χ1n) is 8.75. The fraction of sp³-hybridized carbons (Fsp3) is 0.300. The molecule has 1 aliphatic rings. The number of aliphatic carboxylic acids is 1. The summed E-state index contributed by atoms with van der Waals surface area (Å²) in [4.78, 5) is 24.4. The average molecular weight is 387 g/mol. The normalized spacial score (nSPS) is 16.0. The molecule has 0 atom stereocenters. The second-order valence-electron chi connectivity index (χ2n) is 6.82. The SMILES string of the molecule is O=C(NC1(C(=O)O)CCCC1)c1cccc(CS(=O)(=O)c2ccccc2)c1. The number of carboxylic acids is 1. The van der Waals surface area contributed by atoms with Gasteiger partial charge in [0.25, 0.3) is 5.91 Å². The Bertz CT molecular complexity index is 947. The molecule has 1 aliphatic carbocycles. The highest BCUT2D eigenvalue weighted by atomic mass is 32.2. The van der Waals surface area contributed by atoms with Crippen molar-refractivity contribution >= 4 is 21.7 Å². The summed E-state index contributed by atoms with van der Waals surface area (Å²) < 4.78 is 25.0. The molecule has 1 amide bonds. The molecule has 2 aromatic carbocycles. The summed E-state index contributed by atoms with van der Waals surface area (Å²) in [7, 11) is -3.53. The Balaban J connectivity index is 1.79. The van der Waals surface area contributed by atoms with Crippen LogP contribution in [-0.4, -0.2) is 30.9 Å². The summed E-state index contributed by atoms with van der Waals surface area (Å²) in [6.07, 6.45) is 2.30. The van der Waals surface area contributed by atoms with E-state index in [1.807, 2.05) is 0 Å². The quantitative estimate of drug-likeness (QED) is 0.794. The minimum absolute atomic E-state index is 0.218. The zero-order valence-corrected chi connectivity index (χ0v) is 15.5. The first-order valence-corrected chi connectivity index (χ1v) is 10.4. The minimum atomic E-state index is -3.53. The lowest BCUT2D eigenvalue weighted by Gasteiger charge is -2.25. The van der Waals surface area contributed by atoms with Gasteiger partial charge in [0.15, 0.2) is 9.84 Å². The minimum Gasteiger partial charge on any atom is -0.480 e. The van der Waals surface area contributed by atoms with Gasteiger partial charge < -0.3 is 10.4 Å². The fourth-order valence-corrected chi connectivity index (χ4v) is 4.75. The number of amides is 1. The first kappa shape index (κ1) is 19.1. The molecule has 0 radical (unpaired) electrons. The van der Waals surface area contributed by atoms with E-state index in [4.69, 9.17) is 0 Å². The van der Waals surface area contributed by atoms with Gasteiger partial charge in [0.1, 0.15) is 5.54 Å². The zero-order chi connectivity index (χ0) is 19.5. The predicted molar refractivity (Wildman–Crippen MR) is 100 cm³/mol. The summed E-state index contributed by atoms with van der Waals surface area (Å²) in [5.41, 5.74) is -0.506. The van der Waals surface area contributed by atoms with Crippen LogP contribution in [0.2, 0.25) is 0 Å². The summed E-state index contributed by atoms with van der Waals surface area (Å²) in [5, 5.41) is 12.1. The van der Waals surface area contributed by atoms with Crippen LogP contribution in [0.1, 0.15) is 41.6 Å². The van der Waals surface area contributed by atoms with Crippen LogP contribution in [0.3, 0.4) is 0 Å². The topological polar surface area (TPSA) is 101 Å². The Hall–Kier alpha value is -2.67. The van der Waals surface area contributed by atoms with Gasteiger partial charge >= 0.3 is 5.97 Å². The van der Waals surface area contributed by atoms with Gasteiger partial charge in [-0.05, 0) is 42.7 Å². The first-order chi connectivity index (χ1) is 12.8. The number of carbonyl (C=O) groups excluding carboxylic acids is 1. The molecule has 2 N–H and O–H groups in total.